The van der Waals surface area contributed by atoms with E-state index in [2.05, 4.69) is 15.5 Å². The standard InChI is InChI=1S/C21H19FN4O3/c1-26-18-10-14(22)7-8-19(18)29-12-17(21(26)28)23-20(27)16-11-15(24-25-16)9-13-5-3-2-4-6-13/h2-8,10-11,17H,9,12H2,1H3,(H,23,27)(H,24,25). The van der Waals surface area contributed by atoms with Crippen LogP contribution < -0.4 is 15.0 Å². The van der Waals surface area contributed by atoms with E-state index in [4.69, 9.17) is 4.74 Å². The van der Waals surface area contributed by atoms with Gasteiger partial charge in [0.05, 0.1) is 5.69 Å². The van der Waals surface area contributed by atoms with E-state index in [1.807, 2.05) is 30.3 Å². The number of ether oxygens (including phenoxy) is 1. The zero-order chi connectivity index (χ0) is 20.4. The largest absolute Gasteiger partial charge is 0.489 e. The Kier molecular flexibility index (Phi) is 4.99. The van der Waals surface area contributed by atoms with Crippen LogP contribution in [0.5, 0.6) is 5.75 Å². The number of nitrogens with one attached hydrogen (secondary N) is 2. The number of hydrogen-bond acceptors (Lipinski definition) is 4. The molecule has 0 bridgehead atoms. The molecule has 0 fully saturated rings. The van der Waals surface area contributed by atoms with Crippen molar-refractivity contribution < 1.29 is 18.7 Å². The highest BCUT2D eigenvalue weighted by atomic mass is 19.1. The summed E-state index contributed by atoms with van der Waals surface area (Å²) in [6.07, 6.45) is 0.607. The van der Waals surface area contributed by atoms with E-state index in [-0.39, 0.29) is 12.3 Å². The number of H-pyrrole nitrogens is 1. The Morgan fingerprint density at radius 2 is 2.07 bits per heavy atom. The van der Waals surface area contributed by atoms with Crippen molar-refractivity contribution in [2.75, 3.05) is 18.6 Å². The van der Waals surface area contributed by atoms with Crippen molar-refractivity contribution in [3.63, 3.8) is 0 Å². The molecular formula is C21H19FN4O3. The van der Waals surface area contributed by atoms with Gasteiger partial charge in [-0.05, 0) is 23.8 Å². The lowest BCUT2D eigenvalue weighted by atomic mass is 10.1. The van der Waals surface area contributed by atoms with E-state index in [1.165, 1.54) is 30.1 Å². The van der Waals surface area contributed by atoms with Crippen LogP contribution in [0.4, 0.5) is 10.1 Å². The zero-order valence-corrected chi connectivity index (χ0v) is 15.7. The number of anilines is 1. The van der Waals surface area contributed by atoms with Gasteiger partial charge in [0.15, 0.2) is 0 Å². The normalized spacial score (nSPS) is 16.0. The SMILES string of the molecule is CN1C(=O)C(NC(=O)c2cc(Cc3ccccc3)[nH]n2)COc2ccc(F)cc21. The van der Waals surface area contributed by atoms with Gasteiger partial charge in [0.1, 0.15) is 29.9 Å². The van der Waals surface area contributed by atoms with Crippen LogP contribution in [0.15, 0.2) is 54.6 Å². The van der Waals surface area contributed by atoms with Gasteiger partial charge in [0, 0.05) is 25.2 Å². The van der Waals surface area contributed by atoms with Crippen LogP contribution in [-0.4, -0.2) is 41.7 Å². The van der Waals surface area contributed by atoms with Crippen molar-refractivity contribution in [2.24, 2.45) is 0 Å². The average molecular weight is 394 g/mol. The van der Waals surface area contributed by atoms with Crippen molar-refractivity contribution in [3.8, 4) is 5.75 Å². The monoisotopic (exact) mass is 394 g/mol. The summed E-state index contributed by atoms with van der Waals surface area (Å²) < 4.78 is 19.1. The molecule has 2 heterocycles. The number of carbonyl (C=O) groups excluding carboxylic acids is 2. The van der Waals surface area contributed by atoms with E-state index in [1.54, 1.807) is 6.07 Å². The van der Waals surface area contributed by atoms with Crippen LogP contribution in [0.1, 0.15) is 21.7 Å². The molecule has 0 aliphatic carbocycles. The number of amides is 2. The highest BCUT2D eigenvalue weighted by Gasteiger charge is 2.31. The van der Waals surface area contributed by atoms with Crippen molar-refractivity contribution in [1.29, 1.82) is 0 Å². The highest BCUT2D eigenvalue weighted by molar-refractivity contribution is 6.02. The van der Waals surface area contributed by atoms with E-state index in [0.717, 1.165) is 11.3 Å². The van der Waals surface area contributed by atoms with Crippen molar-refractivity contribution in [1.82, 2.24) is 15.5 Å². The van der Waals surface area contributed by atoms with Crippen LogP contribution in [-0.2, 0) is 11.2 Å². The Bertz CT molecular complexity index is 1050. The third-order valence-corrected chi connectivity index (χ3v) is 4.72. The topological polar surface area (TPSA) is 87.3 Å². The van der Waals surface area contributed by atoms with E-state index >= 15 is 0 Å². The fourth-order valence-electron chi connectivity index (χ4n) is 3.19. The molecule has 0 saturated heterocycles. The Balaban J connectivity index is 1.45. The summed E-state index contributed by atoms with van der Waals surface area (Å²) in [5.74, 6) is -0.989. The quantitative estimate of drug-likeness (QED) is 0.711. The average Bonchev–Trinajstić information content (AvgIpc) is 3.16. The molecule has 29 heavy (non-hydrogen) atoms. The molecule has 0 spiro atoms. The van der Waals surface area contributed by atoms with E-state index in [0.29, 0.717) is 17.9 Å². The molecule has 7 nitrogen and oxygen atoms in total. The first kappa shape index (κ1) is 18.7. The summed E-state index contributed by atoms with van der Waals surface area (Å²) in [5, 5.41) is 9.54. The fraction of sp³-hybridized carbons (Fsp3) is 0.190. The Hall–Kier alpha value is -3.68. The molecule has 1 unspecified atom stereocenters. The van der Waals surface area contributed by atoms with Gasteiger partial charge in [0.2, 0.25) is 0 Å². The molecule has 148 valence electrons. The lowest BCUT2D eigenvalue weighted by Gasteiger charge is -2.20. The van der Waals surface area contributed by atoms with Crippen LogP contribution >= 0.6 is 0 Å². The summed E-state index contributed by atoms with van der Waals surface area (Å²) >= 11 is 0. The van der Waals surface area contributed by atoms with Crippen LogP contribution in [0, 0.1) is 5.82 Å². The number of likely N-dealkylation sites (N-methyl/N-ethyl adjacent to an activating group) is 1. The third-order valence-electron chi connectivity index (χ3n) is 4.72. The third kappa shape index (κ3) is 3.96. The summed E-state index contributed by atoms with van der Waals surface area (Å²) in [4.78, 5) is 26.6. The summed E-state index contributed by atoms with van der Waals surface area (Å²) in [5.41, 5.74) is 2.36. The number of carbonyl (C=O) groups is 2. The Morgan fingerprint density at radius 1 is 1.28 bits per heavy atom. The van der Waals surface area contributed by atoms with E-state index < -0.39 is 23.7 Å². The highest BCUT2D eigenvalue weighted by Crippen LogP contribution is 2.31. The van der Waals surface area contributed by atoms with Crippen molar-refractivity contribution in [3.05, 3.63) is 77.4 Å². The van der Waals surface area contributed by atoms with Crippen LogP contribution in [0.3, 0.4) is 0 Å². The molecule has 2 amide bonds. The second kappa shape index (κ2) is 7.75. The zero-order valence-electron chi connectivity index (χ0n) is 15.7. The minimum Gasteiger partial charge on any atom is -0.489 e. The number of hydrogen-bond donors (Lipinski definition) is 2. The van der Waals surface area contributed by atoms with E-state index in [9.17, 15) is 14.0 Å². The van der Waals surface area contributed by atoms with Crippen LogP contribution in [0.2, 0.25) is 0 Å². The van der Waals surface area contributed by atoms with Gasteiger partial charge in [-0.1, -0.05) is 30.3 Å². The first-order valence-electron chi connectivity index (χ1n) is 9.10. The molecule has 2 N–H and O–H groups in total. The van der Waals surface area contributed by atoms with Crippen LogP contribution in [0.25, 0.3) is 0 Å². The maximum absolute atomic E-state index is 13.5. The molecule has 0 radical (unpaired) electrons. The predicted octanol–water partition coefficient (Wildman–Crippen LogP) is 2.29. The summed E-state index contributed by atoms with van der Waals surface area (Å²) in [6.45, 7) is -0.0607. The van der Waals surface area contributed by atoms with Gasteiger partial charge in [-0.15, -0.1) is 0 Å². The molecule has 1 aliphatic heterocycles. The van der Waals surface area contributed by atoms with Gasteiger partial charge in [-0.2, -0.15) is 5.10 Å². The number of nitrogens with zero attached hydrogens (tertiary/aromatic N) is 2. The number of halogens is 1. The van der Waals surface area contributed by atoms with Gasteiger partial charge in [-0.3, -0.25) is 14.7 Å². The first-order valence-corrected chi connectivity index (χ1v) is 9.10. The summed E-state index contributed by atoms with van der Waals surface area (Å²) in [7, 11) is 1.51. The smallest absolute Gasteiger partial charge is 0.272 e. The molecule has 8 heteroatoms. The van der Waals surface area contributed by atoms with Crippen molar-refractivity contribution >= 4 is 17.5 Å². The second-order valence-corrected chi connectivity index (χ2v) is 6.79. The Labute approximate surface area is 166 Å². The maximum Gasteiger partial charge on any atom is 0.272 e. The predicted molar refractivity (Wildman–Crippen MR) is 104 cm³/mol. The molecule has 1 aliphatic rings. The molecule has 1 atom stereocenters. The molecule has 4 rings (SSSR count). The number of fused-ring (bicyclic) bond motifs is 1. The molecule has 3 aromatic rings. The van der Waals surface area contributed by atoms with Gasteiger partial charge in [0.25, 0.3) is 11.8 Å². The van der Waals surface area contributed by atoms with Gasteiger partial charge in [-0.25, -0.2) is 4.39 Å². The maximum atomic E-state index is 13.5. The minimum atomic E-state index is -0.919. The molecule has 1 aromatic heterocycles. The van der Waals surface area contributed by atoms with Gasteiger partial charge < -0.3 is 15.0 Å². The molecule has 2 aromatic carbocycles. The second-order valence-electron chi connectivity index (χ2n) is 6.79. The lowest BCUT2D eigenvalue weighted by molar-refractivity contribution is -0.120. The molecular weight excluding hydrogens is 375 g/mol. The number of aromatic amines is 1. The minimum absolute atomic E-state index is 0.0607. The Morgan fingerprint density at radius 3 is 2.86 bits per heavy atom. The lowest BCUT2D eigenvalue weighted by Crippen LogP contribution is -2.49. The van der Waals surface area contributed by atoms with Crippen molar-refractivity contribution in [2.45, 2.75) is 12.5 Å². The number of aromatic nitrogens is 2. The number of benzene rings is 2. The summed E-state index contributed by atoms with van der Waals surface area (Å²) in [6, 6.07) is 14.5. The first-order chi connectivity index (χ1) is 14.0. The fourth-order valence-corrected chi connectivity index (χ4v) is 3.19. The molecule has 0 saturated carbocycles. The number of rotatable bonds is 4. The van der Waals surface area contributed by atoms with Gasteiger partial charge >= 0.3 is 0 Å².